The summed E-state index contributed by atoms with van der Waals surface area (Å²) in [5.74, 6) is 1.78. The zero-order valence-electron chi connectivity index (χ0n) is 14.7. The Morgan fingerprint density at radius 2 is 1.83 bits per heavy atom. The number of guanidine groups is 1. The first-order valence-corrected chi connectivity index (χ1v) is 10.7. The molecule has 0 heterocycles. The van der Waals surface area contributed by atoms with Gasteiger partial charge in [0.25, 0.3) is 0 Å². The fourth-order valence-electron chi connectivity index (χ4n) is 2.88. The molecule has 7 heteroatoms. The van der Waals surface area contributed by atoms with E-state index in [1.807, 2.05) is 6.92 Å². The second-order valence-electron chi connectivity index (χ2n) is 6.13. The van der Waals surface area contributed by atoms with Crippen molar-refractivity contribution < 1.29 is 8.42 Å². The quantitative estimate of drug-likeness (QED) is 0.320. The second kappa shape index (κ2) is 11.7. The average molecular weight is 347 g/mol. The molecule has 0 aromatic heterocycles. The third-order valence-corrected chi connectivity index (χ3v) is 5.63. The molecular formula is C16H34N4O2S. The van der Waals surface area contributed by atoms with Crippen LogP contribution in [-0.4, -0.2) is 46.3 Å². The van der Waals surface area contributed by atoms with Gasteiger partial charge in [0.2, 0.25) is 10.0 Å². The third-order valence-electron chi connectivity index (χ3n) is 4.23. The zero-order valence-corrected chi connectivity index (χ0v) is 15.6. The van der Waals surface area contributed by atoms with Gasteiger partial charge in [0.15, 0.2) is 5.96 Å². The minimum Gasteiger partial charge on any atom is -0.357 e. The first-order chi connectivity index (χ1) is 11.1. The molecule has 0 saturated heterocycles. The molecule has 0 amide bonds. The second-order valence-corrected chi connectivity index (χ2v) is 8.23. The van der Waals surface area contributed by atoms with Crippen LogP contribution in [0.5, 0.6) is 0 Å². The number of nitrogens with one attached hydrogen (secondary N) is 3. The van der Waals surface area contributed by atoms with Gasteiger partial charge in [-0.05, 0) is 32.6 Å². The molecule has 23 heavy (non-hydrogen) atoms. The number of nitrogens with zero attached hydrogens (tertiary/aromatic N) is 1. The van der Waals surface area contributed by atoms with E-state index in [0.29, 0.717) is 13.1 Å². The first kappa shape index (κ1) is 20.2. The van der Waals surface area contributed by atoms with Crippen LogP contribution in [-0.2, 0) is 10.0 Å². The van der Waals surface area contributed by atoms with Gasteiger partial charge < -0.3 is 10.6 Å². The summed E-state index contributed by atoms with van der Waals surface area (Å²) in [6, 6.07) is 0. The fraction of sp³-hybridized carbons (Fsp3) is 0.938. The molecule has 0 atom stereocenters. The molecule has 1 fully saturated rings. The summed E-state index contributed by atoms with van der Waals surface area (Å²) in [4.78, 5) is 4.57. The van der Waals surface area contributed by atoms with Crippen LogP contribution in [0.25, 0.3) is 0 Å². The number of hydrogen-bond acceptors (Lipinski definition) is 3. The molecule has 0 aromatic carbocycles. The van der Waals surface area contributed by atoms with Crippen LogP contribution in [0.4, 0.5) is 0 Å². The fourth-order valence-corrected chi connectivity index (χ4v) is 3.50. The Balaban J connectivity index is 2.21. The van der Waals surface area contributed by atoms with Gasteiger partial charge in [0, 0.05) is 26.2 Å². The number of sulfonamides is 1. The van der Waals surface area contributed by atoms with E-state index in [1.165, 1.54) is 38.5 Å². The number of aliphatic imine (C=N–C) groups is 1. The molecule has 136 valence electrons. The maximum absolute atomic E-state index is 11.3. The Bertz CT molecular complexity index is 431. The third kappa shape index (κ3) is 9.81. The SMILES string of the molecule is CCNC(=NCCCC1CCCCC1)NCCNS(=O)(=O)CC. The topological polar surface area (TPSA) is 82.6 Å². The lowest BCUT2D eigenvalue weighted by atomic mass is 9.86. The number of hydrogen-bond donors (Lipinski definition) is 3. The van der Waals surface area contributed by atoms with E-state index in [1.54, 1.807) is 6.92 Å². The van der Waals surface area contributed by atoms with Crippen LogP contribution >= 0.6 is 0 Å². The van der Waals surface area contributed by atoms with Crippen LogP contribution in [0, 0.1) is 5.92 Å². The lowest BCUT2D eigenvalue weighted by Crippen LogP contribution is -2.41. The van der Waals surface area contributed by atoms with E-state index in [-0.39, 0.29) is 5.75 Å². The lowest BCUT2D eigenvalue weighted by molar-refractivity contribution is 0.334. The van der Waals surface area contributed by atoms with E-state index in [4.69, 9.17) is 0 Å². The largest absolute Gasteiger partial charge is 0.357 e. The first-order valence-electron chi connectivity index (χ1n) is 9.07. The predicted octanol–water partition coefficient (Wildman–Crippen LogP) is 1.84. The van der Waals surface area contributed by atoms with E-state index < -0.39 is 10.0 Å². The standard InChI is InChI=1S/C16H34N4O2S/c1-3-17-16(19-13-14-20-23(21,22)4-2)18-12-8-11-15-9-6-5-7-10-15/h15,20H,3-14H2,1-2H3,(H2,17,18,19). The molecule has 0 unspecified atom stereocenters. The molecule has 0 radical (unpaired) electrons. The van der Waals surface area contributed by atoms with Crippen molar-refractivity contribution in [3.05, 3.63) is 0 Å². The molecular weight excluding hydrogens is 312 g/mol. The van der Waals surface area contributed by atoms with Crippen molar-refractivity contribution in [3.8, 4) is 0 Å². The van der Waals surface area contributed by atoms with E-state index in [9.17, 15) is 8.42 Å². The Morgan fingerprint density at radius 1 is 1.09 bits per heavy atom. The van der Waals surface area contributed by atoms with Gasteiger partial charge >= 0.3 is 0 Å². The molecule has 3 N–H and O–H groups in total. The zero-order chi connectivity index (χ0) is 17.0. The van der Waals surface area contributed by atoms with E-state index in [0.717, 1.165) is 31.4 Å². The van der Waals surface area contributed by atoms with Gasteiger partial charge in [0.1, 0.15) is 0 Å². The van der Waals surface area contributed by atoms with Gasteiger partial charge in [-0.25, -0.2) is 13.1 Å². The maximum Gasteiger partial charge on any atom is 0.211 e. The van der Waals surface area contributed by atoms with Crippen LogP contribution < -0.4 is 15.4 Å². The summed E-state index contributed by atoms with van der Waals surface area (Å²) in [5, 5.41) is 6.36. The van der Waals surface area contributed by atoms with E-state index >= 15 is 0 Å². The van der Waals surface area contributed by atoms with Gasteiger partial charge in [0.05, 0.1) is 5.75 Å². The molecule has 0 bridgehead atoms. The summed E-state index contributed by atoms with van der Waals surface area (Å²) in [6.45, 7) is 6.20. The number of rotatable bonds is 10. The van der Waals surface area contributed by atoms with Crippen LogP contribution in [0.3, 0.4) is 0 Å². The molecule has 0 aromatic rings. The van der Waals surface area contributed by atoms with Crippen molar-refractivity contribution in [3.63, 3.8) is 0 Å². The predicted molar refractivity (Wildman–Crippen MR) is 97.3 cm³/mol. The highest BCUT2D eigenvalue weighted by Gasteiger charge is 2.12. The highest BCUT2D eigenvalue weighted by Crippen LogP contribution is 2.27. The Kier molecular flexibility index (Phi) is 10.3. The summed E-state index contributed by atoms with van der Waals surface area (Å²) in [5.41, 5.74) is 0. The highest BCUT2D eigenvalue weighted by atomic mass is 32.2. The Morgan fingerprint density at radius 3 is 2.48 bits per heavy atom. The smallest absolute Gasteiger partial charge is 0.211 e. The summed E-state index contributed by atoms with van der Waals surface area (Å²) in [7, 11) is -3.11. The van der Waals surface area contributed by atoms with Gasteiger partial charge in [-0.15, -0.1) is 0 Å². The molecule has 1 aliphatic rings. The summed E-state index contributed by atoms with van der Waals surface area (Å²) >= 11 is 0. The molecule has 1 rings (SSSR count). The Hall–Kier alpha value is -0.820. The van der Waals surface area contributed by atoms with E-state index in [2.05, 4.69) is 20.3 Å². The van der Waals surface area contributed by atoms with Crippen molar-refractivity contribution in [2.24, 2.45) is 10.9 Å². The van der Waals surface area contributed by atoms with Crippen LogP contribution in [0.15, 0.2) is 4.99 Å². The van der Waals surface area contributed by atoms with Crippen molar-refractivity contribution in [1.29, 1.82) is 0 Å². The monoisotopic (exact) mass is 346 g/mol. The molecule has 1 aliphatic carbocycles. The average Bonchev–Trinajstić information content (AvgIpc) is 2.56. The molecule has 0 spiro atoms. The normalized spacial score (nSPS) is 17.2. The van der Waals surface area contributed by atoms with Gasteiger partial charge in [-0.1, -0.05) is 32.1 Å². The van der Waals surface area contributed by atoms with Crippen molar-refractivity contribution >= 4 is 16.0 Å². The molecule has 1 saturated carbocycles. The minimum absolute atomic E-state index is 0.113. The molecule has 0 aliphatic heterocycles. The van der Waals surface area contributed by atoms with Gasteiger partial charge in [-0.2, -0.15) is 0 Å². The van der Waals surface area contributed by atoms with Crippen LogP contribution in [0.1, 0.15) is 58.8 Å². The maximum atomic E-state index is 11.3. The molecule has 6 nitrogen and oxygen atoms in total. The summed E-state index contributed by atoms with van der Waals surface area (Å²) in [6.07, 6.45) is 9.38. The van der Waals surface area contributed by atoms with Crippen molar-refractivity contribution in [2.75, 3.05) is 31.9 Å². The highest BCUT2D eigenvalue weighted by molar-refractivity contribution is 7.89. The summed E-state index contributed by atoms with van der Waals surface area (Å²) < 4.78 is 25.2. The van der Waals surface area contributed by atoms with Gasteiger partial charge in [-0.3, -0.25) is 4.99 Å². The van der Waals surface area contributed by atoms with Crippen molar-refractivity contribution in [2.45, 2.75) is 58.8 Å². The minimum atomic E-state index is -3.11. The lowest BCUT2D eigenvalue weighted by Gasteiger charge is -2.20. The Labute approximate surface area is 142 Å². The van der Waals surface area contributed by atoms with Crippen molar-refractivity contribution in [1.82, 2.24) is 15.4 Å². The van der Waals surface area contributed by atoms with Crippen LogP contribution in [0.2, 0.25) is 0 Å².